The van der Waals surface area contributed by atoms with Crippen molar-refractivity contribution in [2.24, 2.45) is 0 Å². The molecule has 114 valence electrons. The van der Waals surface area contributed by atoms with Crippen LogP contribution in [0.3, 0.4) is 0 Å². The molecule has 2 atom stereocenters. The fourth-order valence-corrected chi connectivity index (χ4v) is 3.44. The first kappa shape index (κ1) is 14.5. The van der Waals surface area contributed by atoms with Crippen LogP contribution in [0.4, 0.5) is 0 Å². The monoisotopic (exact) mass is 288 g/mol. The molecule has 1 N–H and O–H groups in total. The molecule has 0 radical (unpaired) electrons. The third-order valence-electron chi connectivity index (χ3n) is 4.78. The fourth-order valence-electron chi connectivity index (χ4n) is 3.44. The highest BCUT2D eigenvalue weighted by atomic mass is 16.3. The molecule has 0 spiro atoms. The standard InChI is InChI=1S/C17H24N2O2/c1-13(18-9-4-7-16(20)12-18)17(21)19-10-8-14-5-2-3-6-15(14)11-19/h2-3,5-6,13,16,20H,4,7-12H2,1H3/t13-,16+/m1/s1. The number of hydrogen-bond acceptors (Lipinski definition) is 3. The molecule has 0 aliphatic carbocycles. The maximum absolute atomic E-state index is 12.7. The minimum Gasteiger partial charge on any atom is -0.392 e. The second kappa shape index (κ2) is 6.16. The number of aliphatic hydroxyl groups is 1. The van der Waals surface area contributed by atoms with Crippen LogP contribution in [0.25, 0.3) is 0 Å². The van der Waals surface area contributed by atoms with E-state index < -0.39 is 0 Å². The zero-order valence-corrected chi connectivity index (χ0v) is 12.7. The second-order valence-corrected chi connectivity index (χ2v) is 6.25. The Morgan fingerprint density at radius 3 is 2.81 bits per heavy atom. The number of hydrogen-bond donors (Lipinski definition) is 1. The molecule has 1 saturated heterocycles. The molecule has 4 nitrogen and oxygen atoms in total. The Hall–Kier alpha value is -1.39. The van der Waals surface area contributed by atoms with Gasteiger partial charge in [-0.15, -0.1) is 0 Å². The van der Waals surface area contributed by atoms with Gasteiger partial charge in [0.15, 0.2) is 0 Å². The van der Waals surface area contributed by atoms with Gasteiger partial charge in [0.05, 0.1) is 12.1 Å². The molecular weight excluding hydrogens is 264 g/mol. The lowest BCUT2D eigenvalue weighted by atomic mass is 9.99. The lowest BCUT2D eigenvalue weighted by Gasteiger charge is -2.38. The molecule has 2 aliphatic rings. The van der Waals surface area contributed by atoms with Crippen molar-refractivity contribution >= 4 is 5.91 Å². The molecule has 3 rings (SSSR count). The van der Waals surface area contributed by atoms with Crippen LogP contribution in [0.15, 0.2) is 24.3 Å². The Morgan fingerprint density at radius 2 is 2.05 bits per heavy atom. The van der Waals surface area contributed by atoms with Crippen molar-refractivity contribution in [2.75, 3.05) is 19.6 Å². The first-order chi connectivity index (χ1) is 10.1. The van der Waals surface area contributed by atoms with E-state index in [0.29, 0.717) is 6.54 Å². The van der Waals surface area contributed by atoms with E-state index >= 15 is 0 Å². The highest BCUT2D eigenvalue weighted by molar-refractivity contribution is 5.81. The number of β-amino-alcohol motifs (C(OH)–C–C–N with tert-alkyl or cyclic N) is 1. The summed E-state index contributed by atoms with van der Waals surface area (Å²) < 4.78 is 0. The van der Waals surface area contributed by atoms with E-state index in [1.807, 2.05) is 17.9 Å². The molecule has 1 aromatic rings. The van der Waals surface area contributed by atoms with Crippen LogP contribution in [0, 0.1) is 0 Å². The van der Waals surface area contributed by atoms with Crippen LogP contribution < -0.4 is 0 Å². The van der Waals surface area contributed by atoms with E-state index in [4.69, 9.17) is 0 Å². The Balaban J connectivity index is 1.66. The molecule has 0 aromatic heterocycles. The summed E-state index contributed by atoms with van der Waals surface area (Å²) in [7, 11) is 0. The zero-order chi connectivity index (χ0) is 14.8. The molecule has 21 heavy (non-hydrogen) atoms. The van der Waals surface area contributed by atoms with Crippen LogP contribution >= 0.6 is 0 Å². The smallest absolute Gasteiger partial charge is 0.239 e. The summed E-state index contributed by atoms with van der Waals surface area (Å²) in [5.74, 6) is 0.193. The Labute approximate surface area is 126 Å². The number of rotatable bonds is 2. The summed E-state index contributed by atoms with van der Waals surface area (Å²) in [5.41, 5.74) is 2.63. The zero-order valence-electron chi connectivity index (χ0n) is 12.7. The predicted octanol–water partition coefficient (Wildman–Crippen LogP) is 1.42. The van der Waals surface area contributed by atoms with Gasteiger partial charge in [-0.05, 0) is 43.9 Å². The van der Waals surface area contributed by atoms with Crippen molar-refractivity contribution in [3.8, 4) is 0 Å². The van der Waals surface area contributed by atoms with Crippen LogP contribution in [0.1, 0.15) is 30.9 Å². The van der Waals surface area contributed by atoms with E-state index in [0.717, 1.165) is 38.9 Å². The van der Waals surface area contributed by atoms with E-state index in [9.17, 15) is 9.90 Å². The van der Waals surface area contributed by atoms with Gasteiger partial charge in [-0.25, -0.2) is 0 Å². The molecule has 0 unspecified atom stereocenters. The molecule has 2 heterocycles. The number of benzene rings is 1. The van der Waals surface area contributed by atoms with Gasteiger partial charge in [-0.1, -0.05) is 24.3 Å². The molecule has 0 bridgehead atoms. The first-order valence-corrected chi connectivity index (χ1v) is 7.93. The van der Waals surface area contributed by atoms with Gasteiger partial charge >= 0.3 is 0 Å². The number of piperidine rings is 1. The maximum Gasteiger partial charge on any atom is 0.239 e. The third-order valence-corrected chi connectivity index (χ3v) is 4.78. The molecule has 1 fully saturated rings. The molecule has 4 heteroatoms. The molecular formula is C17H24N2O2. The van der Waals surface area contributed by atoms with Crippen LogP contribution in [0.2, 0.25) is 0 Å². The maximum atomic E-state index is 12.7. The van der Waals surface area contributed by atoms with Gasteiger partial charge in [0, 0.05) is 19.6 Å². The van der Waals surface area contributed by atoms with Gasteiger partial charge in [0.1, 0.15) is 0 Å². The third kappa shape index (κ3) is 3.11. The van der Waals surface area contributed by atoms with E-state index in [1.54, 1.807) is 0 Å². The van der Waals surface area contributed by atoms with Crippen molar-refractivity contribution in [3.63, 3.8) is 0 Å². The Morgan fingerprint density at radius 1 is 1.29 bits per heavy atom. The van der Waals surface area contributed by atoms with Gasteiger partial charge in [0.2, 0.25) is 5.91 Å². The van der Waals surface area contributed by atoms with Crippen molar-refractivity contribution in [3.05, 3.63) is 35.4 Å². The average Bonchev–Trinajstić information content (AvgIpc) is 2.53. The highest BCUT2D eigenvalue weighted by Gasteiger charge is 2.30. The van der Waals surface area contributed by atoms with Gasteiger partial charge in [-0.2, -0.15) is 0 Å². The topological polar surface area (TPSA) is 43.8 Å². The normalized spacial score (nSPS) is 24.5. The van der Waals surface area contributed by atoms with E-state index in [1.165, 1.54) is 11.1 Å². The molecule has 1 amide bonds. The Kier molecular flexibility index (Phi) is 4.27. The fraction of sp³-hybridized carbons (Fsp3) is 0.588. The number of likely N-dealkylation sites (tertiary alicyclic amines) is 1. The number of fused-ring (bicyclic) bond motifs is 1. The summed E-state index contributed by atoms with van der Waals surface area (Å²) >= 11 is 0. The number of nitrogens with zero attached hydrogens (tertiary/aromatic N) is 2. The number of aliphatic hydroxyl groups excluding tert-OH is 1. The lowest BCUT2D eigenvalue weighted by Crippen LogP contribution is -2.52. The largest absolute Gasteiger partial charge is 0.392 e. The summed E-state index contributed by atoms with van der Waals surface area (Å²) in [6, 6.07) is 8.24. The van der Waals surface area contributed by atoms with Gasteiger partial charge in [-0.3, -0.25) is 9.69 Å². The second-order valence-electron chi connectivity index (χ2n) is 6.25. The van der Waals surface area contributed by atoms with Crippen LogP contribution in [-0.4, -0.2) is 52.6 Å². The van der Waals surface area contributed by atoms with Gasteiger partial charge in [0.25, 0.3) is 0 Å². The lowest BCUT2D eigenvalue weighted by molar-refractivity contribution is -0.138. The van der Waals surface area contributed by atoms with Crippen molar-refractivity contribution in [1.82, 2.24) is 9.80 Å². The molecule has 0 saturated carbocycles. The number of carbonyl (C=O) groups is 1. The van der Waals surface area contributed by atoms with Crippen molar-refractivity contribution in [1.29, 1.82) is 0 Å². The first-order valence-electron chi connectivity index (χ1n) is 7.93. The quantitative estimate of drug-likeness (QED) is 0.895. The van der Waals surface area contributed by atoms with E-state index in [-0.39, 0.29) is 18.1 Å². The van der Waals surface area contributed by atoms with Gasteiger partial charge < -0.3 is 10.0 Å². The highest BCUT2D eigenvalue weighted by Crippen LogP contribution is 2.21. The summed E-state index contributed by atoms with van der Waals surface area (Å²) in [5, 5.41) is 9.78. The number of carbonyl (C=O) groups excluding carboxylic acids is 1. The molecule has 2 aliphatic heterocycles. The average molecular weight is 288 g/mol. The summed E-state index contributed by atoms with van der Waals surface area (Å²) in [6.07, 6.45) is 2.49. The Bertz CT molecular complexity index is 517. The van der Waals surface area contributed by atoms with Crippen LogP contribution in [-0.2, 0) is 17.8 Å². The summed E-state index contributed by atoms with van der Waals surface area (Å²) in [6.45, 7) is 5.03. The minimum atomic E-state index is -0.281. The van der Waals surface area contributed by atoms with E-state index in [2.05, 4.69) is 23.1 Å². The minimum absolute atomic E-state index is 0.134. The van der Waals surface area contributed by atoms with Crippen molar-refractivity contribution in [2.45, 2.75) is 44.9 Å². The van der Waals surface area contributed by atoms with Crippen LogP contribution in [0.5, 0.6) is 0 Å². The van der Waals surface area contributed by atoms with Crippen molar-refractivity contribution < 1.29 is 9.90 Å². The summed E-state index contributed by atoms with van der Waals surface area (Å²) in [4.78, 5) is 16.8. The predicted molar refractivity (Wildman–Crippen MR) is 81.8 cm³/mol. The SMILES string of the molecule is C[C@H](C(=O)N1CCc2ccccc2C1)N1CCC[C@H](O)C1. The molecule has 1 aromatic carbocycles. The number of amides is 1.